The average Bonchev–Trinajstić information content (AvgIpc) is 3.41. The Bertz CT molecular complexity index is 1020. The van der Waals surface area contributed by atoms with Gasteiger partial charge in [-0.1, -0.05) is 18.2 Å². The first kappa shape index (κ1) is 17.0. The molecule has 3 aromatic rings. The number of primary amides is 1. The van der Waals surface area contributed by atoms with Crippen LogP contribution in [0.1, 0.15) is 50.7 Å². The topological polar surface area (TPSA) is 90.0 Å². The summed E-state index contributed by atoms with van der Waals surface area (Å²) in [5.41, 5.74) is 9.89. The third kappa shape index (κ3) is 3.33. The first-order valence-corrected chi connectivity index (χ1v) is 8.89. The summed E-state index contributed by atoms with van der Waals surface area (Å²) in [6.45, 7) is 2.04. The molecule has 0 saturated heterocycles. The van der Waals surface area contributed by atoms with E-state index < -0.39 is 5.91 Å². The molecule has 136 valence electrons. The molecular weight excluding hydrogens is 340 g/mol. The molecule has 0 radical (unpaired) electrons. The van der Waals surface area contributed by atoms with Gasteiger partial charge in [0, 0.05) is 17.2 Å². The molecule has 6 nitrogen and oxygen atoms in total. The molecule has 1 aromatic heterocycles. The van der Waals surface area contributed by atoms with E-state index in [1.165, 1.54) is 0 Å². The van der Waals surface area contributed by atoms with Gasteiger partial charge in [-0.3, -0.25) is 9.59 Å². The Balaban J connectivity index is 1.65. The number of para-hydroxylation sites is 1. The summed E-state index contributed by atoms with van der Waals surface area (Å²) in [7, 11) is 0. The minimum absolute atomic E-state index is 0.205. The van der Waals surface area contributed by atoms with E-state index in [1.54, 1.807) is 30.5 Å². The maximum atomic E-state index is 12.9. The molecule has 1 heterocycles. The van der Waals surface area contributed by atoms with Crippen LogP contribution in [0.4, 0.5) is 5.69 Å². The zero-order valence-electron chi connectivity index (χ0n) is 15.0. The van der Waals surface area contributed by atoms with Crippen LogP contribution in [0.2, 0.25) is 0 Å². The number of amides is 2. The molecule has 4 rings (SSSR count). The van der Waals surface area contributed by atoms with Gasteiger partial charge in [-0.05, 0) is 55.7 Å². The fraction of sp³-hybridized carbons (Fsp3) is 0.190. The summed E-state index contributed by atoms with van der Waals surface area (Å²) in [4.78, 5) is 24.0. The van der Waals surface area contributed by atoms with Gasteiger partial charge >= 0.3 is 0 Å². The van der Waals surface area contributed by atoms with Crippen molar-refractivity contribution in [3.63, 3.8) is 0 Å². The second-order valence-electron chi connectivity index (χ2n) is 6.81. The van der Waals surface area contributed by atoms with Crippen molar-refractivity contribution in [3.8, 4) is 5.69 Å². The first-order valence-electron chi connectivity index (χ1n) is 8.89. The summed E-state index contributed by atoms with van der Waals surface area (Å²) >= 11 is 0. The third-order valence-electron chi connectivity index (χ3n) is 4.79. The van der Waals surface area contributed by atoms with Crippen LogP contribution in [-0.4, -0.2) is 21.6 Å². The monoisotopic (exact) mass is 360 g/mol. The Morgan fingerprint density at radius 3 is 2.44 bits per heavy atom. The number of nitrogens with one attached hydrogen (secondary N) is 1. The van der Waals surface area contributed by atoms with E-state index in [2.05, 4.69) is 10.4 Å². The Labute approximate surface area is 157 Å². The minimum atomic E-state index is -0.497. The van der Waals surface area contributed by atoms with Crippen LogP contribution >= 0.6 is 0 Å². The van der Waals surface area contributed by atoms with E-state index in [1.807, 2.05) is 35.9 Å². The SMILES string of the molecule is Cc1ccccc1-n1ncc(C(=O)Nc2ccc(C(N)=O)cc2)c1C1CC1. The zero-order valence-corrected chi connectivity index (χ0v) is 15.0. The molecule has 2 aromatic carbocycles. The number of carbonyl (C=O) groups excluding carboxylic acids is 2. The fourth-order valence-electron chi connectivity index (χ4n) is 3.19. The van der Waals surface area contributed by atoms with Gasteiger partial charge in [-0.15, -0.1) is 0 Å². The van der Waals surface area contributed by atoms with Crippen molar-refractivity contribution < 1.29 is 9.59 Å². The van der Waals surface area contributed by atoms with Crippen molar-refractivity contribution >= 4 is 17.5 Å². The van der Waals surface area contributed by atoms with Crippen LogP contribution in [0.5, 0.6) is 0 Å². The van der Waals surface area contributed by atoms with Crippen LogP contribution in [0.15, 0.2) is 54.7 Å². The molecule has 0 bridgehead atoms. The van der Waals surface area contributed by atoms with Crippen LogP contribution < -0.4 is 11.1 Å². The third-order valence-corrected chi connectivity index (χ3v) is 4.79. The molecule has 27 heavy (non-hydrogen) atoms. The van der Waals surface area contributed by atoms with Gasteiger partial charge < -0.3 is 11.1 Å². The number of nitrogens with two attached hydrogens (primary N) is 1. The molecule has 1 aliphatic carbocycles. The van der Waals surface area contributed by atoms with Crippen molar-refractivity contribution in [2.45, 2.75) is 25.7 Å². The number of carbonyl (C=O) groups is 2. The van der Waals surface area contributed by atoms with Crippen molar-refractivity contribution in [1.29, 1.82) is 0 Å². The van der Waals surface area contributed by atoms with Gasteiger partial charge in [0.25, 0.3) is 5.91 Å². The van der Waals surface area contributed by atoms with Gasteiger partial charge in [0.1, 0.15) is 0 Å². The molecule has 6 heteroatoms. The largest absolute Gasteiger partial charge is 0.366 e. The predicted octanol–water partition coefficient (Wildman–Crippen LogP) is 3.41. The predicted molar refractivity (Wildman–Crippen MR) is 103 cm³/mol. The van der Waals surface area contributed by atoms with Crippen molar-refractivity contribution in [2.24, 2.45) is 5.73 Å². The summed E-state index contributed by atoms with van der Waals surface area (Å²) < 4.78 is 1.89. The van der Waals surface area contributed by atoms with E-state index in [0.29, 0.717) is 22.7 Å². The zero-order chi connectivity index (χ0) is 19.0. The first-order chi connectivity index (χ1) is 13.0. The summed E-state index contributed by atoms with van der Waals surface area (Å²) in [6, 6.07) is 14.5. The Kier molecular flexibility index (Phi) is 4.24. The van der Waals surface area contributed by atoms with E-state index >= 15 is 0 Å². The minimum Gasteiger partial charge on any atom is -0.366 e. The molecule has 0 spiro atoms. The molecule has 0 atom stereocenters. The molecule has 1 saturated carbocycles. The number of rotatable bonds is 5. The molecule has 0 aliphatic heterocycles. The average molecular weight is 360 g/mol. The second kappa shape index (κ2) is 6.72. The van der Waals surface area contributed by atoms with Gasteiger partial charge in [0.2, 0.25) is 5.91 Å². The fourth-order valence-corrected chi connectivity index (χ4v) is 3.19. The Hall–Kier alpha value is -3.41. The highest BCUT2D eigenvalue weighted by molar-refractivity contribution is 6.05. The highest BCUT2D eigenvalue weighted by Gasteiger charge is 2.33. The van der Waals surface area contributed by atoms with Gasteiger partial charge in [-0.25, -0.2) is 4.68 Å². The lowest BCUT2D eigenvalue weighted by Crippen LogP contribution is -2.15. The van der Waals surface area contributed by atoms with Crippen LogP contribution in [0, 0.1) is 6.92 Å². The van der Waals surface area contributed by atoms with Crippen LogP contribution in [0.3, 0.4) is 0 Å². The van der Waals surface area contributed by atoms with Gasteiger partial charge in [0.15, 0.2) is 0 Å². The van der Waals surface area contributed by atoms with Crippen molar-refractivity contribution in [1.82, 2.24) is 9.78 Å². The molecule has 1 aliphatic rings. The smallest absolute Gasteiger partial charge is 0.259 e. The number of hydrogen-bond donors (Lipinski definition) is 2. The standard InChI is InChI=1S/C21H20N4O2/c1-13-4-2-3-5-18(13)25-19(14-6-7-14)17(12-23-25)21(27)24-16-10-8-15(9-11-16)20(22)26/h2-5,8-12,14H,6-7H2,1H3,(H2,22,26)(H,24,27). The maximum Gasteiger partial charge on any atom is 0.259 e. The molecule has 3 N–H and O–H groups in total. The van der Waals surface area contributed by atoms with Gasteiger partial charge in [-0.2, -0.15) is 5.10 Å². The lowest BCUT2D eigenvalue weighted by Gasteiger charge is -2.11. The quantitative estimate of drug-likeness (QED) is 0.730. The molecule has 2 amide bonds. The van der Waals surface area contributed by atoms with Crippen molar-refractivity contribution in [3.05, 3.63) is 77.1 Å². The Morgan fingerprint density at radius 1 is 1.11 bits per heavy atom. The van der Waals surface area contributed by atoms with Gasteiger partial charge in [0.05, 0.1) is 23.1 Å². The van der Waals surface area contributed by atoms with E-state index in [0.717, 1.165) is 29.8 Å². The summed E-state index contributed by atoms with van der Waals surface area (Å²) in [5.74, 6) is -0.350. The normalized spacial score (nSPS) is 13.4. The number of anilines is 1. The van der Waals surface area contributed by atoms with E-state index in [-0.39, 0.29) is 5.91 Å². The molecule has 1 fully saturated rings. The molecular formula is C21H20N4O2. The highest BCUT2D eigenvalue weighted by Crippen LogP contribution is 2.42. The van der Waals surface area contributed by atoms with E-state index in [9.17, 15) is 9.59 Å². The summed E-state index contributed by atoms with van der Waals surface area (Å²) in [6.07, 6.45) is 3.75. The van der Waals surface area contributed by atoms with Crippen molar-refractivity contribution in [2.75, 3.05) is 5.32 Å². The molecule has 0 unspecified atom stereocenters. The number of nitrogens with zero attached hydrogens (tertiary/aromatic N) is 2. The van der Waals surface area contributed by atoms with E-state index in [4.69, 9.17) is 5.73 Å². The lowest BCUT2D eigenvalue weighted by molar-refractivity contribution is 0.0998. The summed E-state index contributed by atoms with van der Waals surface area (Å²) in [5, 5.41) is 7.39. The second-order valence-corrected chi connectivity index (χ2v) is 6.81. The maximum absolute atomic E-state index is 12.9. The highest BCUT2D eigenvalue weighted by atomic mass is 16.2. The number of aryl methyl sites for hydroxylation is 1. The number of hydrogen-bond acceptors (Lipinski definition) is 3. The Morgan fingerprint density at radius 2 is 1.81 bits per heavy atom. The van der Waals surface area contributed by atoms with Crippen LogP contribution in [0.25, 0.3) is 5.69 Å². The van der Waals surface area contributed by atoms with Crippen LogP contribution in [-0.2, 0) is 0 Å². The number of aromatic nitrogens is 2. The number of benzene rings is 2. The lowest BCUT2D eigenvalue weighted by atomic mass is 10.1.